The first-order valence-electron chi connectivity index (χ1n) is 13.0. The molecule has 40 heavy (non-hydrogen) atoms. The van der Waals surface area contributed by atoms with Gasteiger partial charge in [-0.05, 0) is 81.3 Å². The SMILES string of the molecule is CCC(C(=O)NC(C)C)N(Cc1ccc(C)cc1)C(=O)CN(c1ccc(F)cc1)S(=O)(=O)c1ccc(OC)cc1. The summed E-state index contributed by atoms with van der Waals surface area (Å²) in [4.78, 5) is 28.5. The summed E-state index contributed by atoms with van der Waals surface area (Å²) < 4.78 is 47.5. The second-order valence-electron chi connectivity index (χ2n) is 9.76. The van der Waals surface area contributed by atoms with Crippen molar-refractivity contribution in [2.45, 2.75) is 57.6 Å². The first-order chi connectivity index (χ1) is 19.0. The quantitative estimate of drug-likeness (QED) is 0.342. The van der Waals surface area contributed by atoms with E-state index in [4.69, 9.17) is 4.74 Å². The number of hydrogen-bond donors (Lipinski definition) is 1. The molecule has 1 unspecified atom stereocenters. The van der Waals surface area contributed by atoms with Gasteiger partial charge in [-0.25, -0.2) is 12.8 Å². The average molecular weight is 570 g/mol. The monoisotopic (exact) mass is 569 g/mol. The van der Waals surface area contributed by atoms with Crippen LogP contribution >= 0.6 is 0 Å². The van der Waals surface area contributed by atoms with Gasteiger partial charge in [-0.2, -0.15) is 0 Å². The molecule has 3 rings (SSSR count). The predicted octanol–water partition coefficient (Wildman–Crippen LogP) is 4.67. The Bertz CT molecular complexity index is 1390. The third-order valence-corrected chi connectivity index (χ3v) is 8.12. The average Bonchev–Trinajstić information content (AvgIpc) is 2.92. The van der Waals surface area contributed by atoms with Crippen LogP contribution in [0.1, 0.15) is 38.3 Å². The summed E-state index contributed by atoms with van der Waals surface area (Å²) in [7, 11) is -2.80. The standard InChI is InChI=1S/C30H36FN3O5S/c1-6-28(30(36)32-21(2)3)33(19-23-9-7-22(4)8-10-23)29(35)20-34(25-13-11-24(31)12-14-25)40(37,38)27-17-15-26(39-5)16-18-27/h7-18,21,28H,6,19-20H2,1-5H3,(H,32,36). The minimum absolute atomic E-state index is 0.0694. The van der Waals surface area contributed by atoms with E-state index in [0.29, 0.717) is 12.2 Å². The van der Waals surface area contributed by atoms with Gasteiger partial charge in [0.05, 0.1) is 17.7 Å². The molecule has 0 saturated carbocycles. The number of ether oxygens (including phenoxy) is 1. The fourth-order valence-corrected chi connectivity index (χ4v) is 5.62. The van der Waals surface area contributed by atoms with E-state index in [1.807, 2.05) is 45.0 Å². The molecule has 2 amide bonds. The first-order valence-corrected chi connectivity index (χ1v) is 14.5. The molecular weight excluding hydrogens is 533 g/mol. The topological polar surface area (TPSA) is 96.0 Å². The number of nitrogens with zero attached hydrogens (tertiary/aromatic N) is 2. The zero-order chi connectivity index (χ0) is 29.4. The van der Waals surface area contributed by atoms with E-state index in [1.165, 1.54) is 48.4 Å². The molecule has 0 aromatic heterocycles. The van der Waals surface area contributed by atoms with Crippen molar-refractivity contribution in [1.29, 1.82) is 0 Å². The predicted molar refractivity (Wildman–Crippen MR) is 153 cm³/mol. The highest BCUT2D eigenvalue weighted by Gasteiger charge is 2.34. The second-order valence-corrected chi connectivity index (χ2v) is 11.6. The molecule has 1 atom stereocenters. The number of nitrogens with one attached hydrogen (secondary N) is 1. The Balaban J connectivity index is 2.05. The molecule has 0 spiro atoms. The Labute approximate surface area is 235 Å². The molecule has 0 aliphatic heterocycles. The van der Waals surface area contributed by atoms with E-state index < -0.39 is 34.3 Å². The lowest BCUT2D eigenvalue weighted by atomic mass is 10.1. The molecule has 0 fully saturated rings. The van der Waals surface area contributed by atoms with Gasteiger partial charge in [0.2, 0.25) is 11.8 Å². The van der Waals surface area contributed by atoms with Gasteiger partial charge in [0.25, 0.3) is 10.0 Å². The number of rotatable bonds is 12. The number of hydrogen-bond acceptors (Lipinski definition) is 5. The summed E-state index contributed by atoms with van der Waals surface area (Å²) in [5.74, 6) is -0.985. The van der Waals surface area contributed by atoms with Crippen molar-refractivity contribution in [3.05, 3.63) is 89.7 Å². The van der Waals surface area contributed by atoms with Crippen molar-refractivity contribution < 1.29 is 27.1 Å². The van der Waals surface area contributed by atoms with Crippen molar-refractivity contribution in [3.8, 4) is 5.75 Å². The number of sulfonamides is 1. The number of aryl methyl sites for hydroxylation is 1. The molecule has 0 saturated heterocycles. The Morgan fingerprint density at radius 3 is 2.08 bits per heavy atom. The molecule has 1 N–H and O–H groups in total. The van der Waals surface area contributed by atoms with Gasteiger partial charge in [-0.3, -0.25) is 13.9 Å². The van der Waals surface area contributed by atoms with Gasteiger partial charge < -0.3 is 15.0 Å². The van der Waals surface area contributed by atoms with Crippen LogP contribution in [0.4, 0.5) is 10.1 Å². The lowest BCUT2D eigenvalue weighted by Crippen LogP contribution is -2.53. The third-order valence-electron chi connectivity index (χ3n) is 6.33. The highest BCUT2D eigenvalue weighted by Crippen LogP contribution is 2.26. The summed E-state index contributed by atoms with van der Waals surface area (Å²) >= 11 is 0. The van der Waals surface area contributed by atoms with E-state index in [2.05, 4.69) is 5.32 Å². The lowest BCUT2D eigenvalue weighted by molar-refractivity contribution is -0.140. The van der Waals surface area contributed by atoms with Crippen LogP contribution in [0.5, 0.6) is 5.75 Å². The number of benzene rings is 3. The largest absolute Gasteiger partial charge is 0.497 e. The summed E-state index contributed by atoms with van der Waals surface area (Å²) in [6.07, 6.45) is 0.317. The zero-order valence-electron chi connectivity index (χ0n) is 23.4. The van der Waals surface area contributed by atoms with Crippen molar-refractivity contribution in [1.82, 2.24) is 10.2 Å². The minimum Gasteiger partial charge on any atom is -0.497 e. The van der Waals surface area contributed by atoms with Crippen molar-refractivity contribution >= 4 is 27.5 Å². The number of amides is 2. The van der Waals surface area contributed by atoms with Crippen LogP contribution in [0, 0.1) is 12.7 Å². The van der Waals surface area contributed by atoms with Gasteiger partial charge in [0.1, 0.15) is 24.2 Å². The molecule has 10 heteroatoms. The Morgan fingerprint density at radius 2 is 1.55 bits per heavy atom. The number of carbonyl (C=O) groups excluding carboxylic acids is 2. The Hall–Kier alpha value is -3.92. The van der Waals surface area contributed by atoms with Crippen molar-refractivity contribution in [3.63, 3.8) is 0 Å². The fraction of sp³-hybridized carbons (Fsp3) is 0.333. The second kappa shape index (κ2) is 13.4. The van der Waals surface area contributed by atoms with Crippen LogP contribution < -0.4 is 14.4 Å². The molecular formula is C30H36FN3O5S. The fourth-order valence-electron chi connectivity index (χ4n) is 4.20. The highest BCUT2D eigenvalue weighted by atomic mass is 32.2. The normalized spacial score (nSPS) is 12.1. The number of carbonyl (C=O) groups is 2. The van der Waals surface area contributed by atoms with Crippen LogP contribution in [-0.2, 0) is 26.2 Å². The molecule has 0 bridgehead atoms. The van der Waals surface area contributed by atoms with Crippen LogP contribution in [0.2, 0.25) is 0 Å². The first kappa shape index (κ1) is 30.6. The summed E-state index contributed by atoms with van der Waals surface area (Å²) in [6, 6.07) is 17.2. The van der Waals surface area contributed by atoms with Gasteiger partial charge in [0.15, 0.2) is 0 Å². The number of methoxy groups -OCH3 is 1. The van der Waals surface area contributed by atoms with E-state index in [1.54, 1.807) is 6.92 Å². The summed E-state index contributed by atoms with van der Waals surface area (Å²) in [5, 5.41) is 2.86. The minimum atomic E-state index is -4.26. The molecule has 3 aromatic carbocycles. The maximum atomic E-state index is 14.0. The number of anilines is 1. The third kappa shape index (κ3) is 7.59. The molecule has 3 aromatic rings. The maximum Gasteiger partial charge on any atom is 0.264 e. The van der Waals surface area contributed by atoms with E-state index in [9.17, 15) is 22.4 Å². The molecule has 8 nitrogen and oxygen atoms in total. The molecule has 0 aliphatic rings. The van der Waals surface area contributed by atoms with Gasteiger partial charge in [-0.15, -0.1) is 0 Å². The van der Waals surface area contributed by atoms with Crippen molar-refractivity contribution in [2.75, 3.05) is 18.0 Å². The molecule has 0 aliphatic carbocycles. The number of halogens is 1. The summed E-state index contributed by atoms with van der Waals surface area (Å²) in [6.45, 7) is 6.90. The molecule has 0 radical (unpaired) electrons. The van der Waals surface area contributed by atoms with E-state index in [-0.39, 0.29) is 29.1 Å². The molecule has 0 heterocycles. The Kier molecular flexibility index (Phi) is 10.3. The Morgan fingerprint density at radius 1 is 0.950 bits per heavy atom. The van der Waals surface area contributed by atoms with Crippen molar-refractivity contribution in [2.24, 2.45) is 0 Å². The van der Waals surface area contributed by atoms with Crippen LogP contribution in [0.15, 0.2) is 77.7 Å². The smallest absolute Gasteiger partial charge is 0.264 e. The van der Waals surface area contributed by atoms with Crippen LogP contribution in [-0.4, -0.2) is 50.9 Å². The summed E-state index contributed by atoms with van der Waals surface area (Å²) in [5.41, 5.74) is 1.95. The zero-order valence-corrected chi connectivity index (χ0v) is 24.2. The molecule has 214 valence electrons. The van der Waals surface area contributed by atoms with E-state index >= 15 is 0 Å². The highest BCUT2D eigenvalue weighted by molar-refractivity contribution is 7.92. The van der Waals surface area contributed by atoms with Crippen LogP contribution in [0.25, 0.3) is 0 Å². The van der Waals surface area contributed by atoms with Gasteiger partial charge in [-0.1, -0.05) is 36.8 Å². The van der Waals surface area contributed by atoms with E-state index in [0.717, 1.165) is 27.6 Å². The van der Waals surface area contributed by atoms with Gasteiger partial charge in [0, 0.05) is 12.6 Å². The van der Waals surface area contributed by atoms with Crippen LogP contribution in [0.3, 0.4) is 0 Å². The van der Waals surface area contributed by atoms with Gasteiger partial charge >= 0.3 is 0 Å². The lowest BCUT2D eigenvalue weighted by Gasteiger charge is -2.33. The maximum absolute atomic E-state index is 14.0.